The Morgan fingerprint density at radius 2 is 2.43 bits per heavy atom. The maximum Gasteiger partial charge on any atom is 0.0522 e. The van der Waals surface area contributed by atoms with Gasteiger partial charge < -0.3 is 11.1 Å². The lowest BCUT2D eigenvalue weighted by atomic mass is 10.3. The van der Waals surface area contributed by atoms with Gasteiger partial charge in [-0.05, 0) is 32.0 Å². The molecule has 0 saturated carbocycles. The summed E-state index contributed by atoms with van der Waals surface area (Å²) in [5.41, 5.74) is 6.66. The molecule has 0 aliphatic rings. The van der Waals surface area contributed by atoms with E-state index in [1.165, 1.54) is 5.69 Å². The van der Waals surface area contributed by atoms with Crippen molar-refractivity contribution >= 4 is 0 Å². The summed E-state index contributed by atoms with van der Waals surface area (Å²) in [6, 6.07) is 2.06. The Bertz CT molecular complexity index is 244. The smallest absolute Gasteiger partial charge is 0.0522 e. The number of aryl methyl sites for hydroxylation is 1. The van der Waals surface area contributed by atoms with Crippen LogP contribution in [-0.4, -0.2) is 22.9 Å². The molecule has 80 valence electrons. The molecule has 0 radical (unpaired) electrons. The largest absolute Gasteiger partial charge is 0.330 e. The minimum atomic E-state index is 0.751. The van der Waals surface area contributed by atoms with Gasteiger partial charge in [-0.2, -0.15) is 5.10 Å². The Morgan fingerprint density at radius 3 is 3.14 bits per heavy atom. The zero-order valence-corrected chi connectivity index (χ0v) is 8.87. The second-order valence-electron chi connectivity index (χ2n) is 3.36. The molecule has 0 bridgehead atoms. The fraction of sp³-hybridized carbons (Fsp3) is 0.700. The second-order valence-corrected chi connectivity index (χ2v) is 3.36. The average Bonchev–Trinajstić information content (AvgIpc) is 2.61. The molecule has 1 aromatic rings. The first-order chi connectivity index (χ1) is 6.88. The molecule has 0 aromatic carbocycles. The Balaban J connectivity index is 2.30. The third kappa shape index (κ3) is 3.47. The van der Waals surface area contributed by atoms with Crippen LogP contribution in [0.4, 0.5) is 0 Å². The molecule has 4 nitrogen and oxygen atoms in total. The van der Waals surface area contributed by atoms with Gasteiger partial charge in [-0.15, -0.1) is 0 Å². The van der Waals surface area contributed by atoms with Crippen LogP contribution < -0.4 is 11.1 Å². The van der Waals surface area contributed by atoms with Crippen molar-refractivity contribution in [2.24, 2.45) is 5.73 Å². The highest BCUT2D eigenvalue weighted by atomic mass is 15.3. The van der Waals surface area contributed by atoms with Crippen LogP contribution in [0.5, 0.6) is 0 Å². The maximum atomic E-state index is 5.41. The van der Waals surface area contributed by atoms with Crippen molar-refractivity contribution < 1.29 is 0 Å². The fourth-order valence-corrected chi connectivity index (χ4v) is 1.37. The van der Waals surface area contributed by atoms with Crippen molar-refractivity contribution in [3.63, 3.8) is 0 Å². The molecule has 0 aliphatic carbocycles. The van der Waals surface area contributed by atoms with E-state index in [-0.39, 0.29) is 0 Å². The Kier molecular flexibility index (Phi) is 5.25. The van der Waals surface area contributed by atoms with Crippen LogP contribution >= 0.6 is 0 Å². The van der Waals surface area contributed by atoms with E-state index in [0.29, 0.717) is 0 Å². The van der Waals surface area contributed by atoms with Gasteiger partial charge in [0.1, 0.15) is 0 Å². The van der Waals surface area contributed by atoms with Gasteiger partial charge in [0.25, 0.3) is 0 Å². The van der Waals surface area contributed by atoms with E-state index in [4.69, 9.17) is 5.73 Å². The third-order valence-corrected chi connectivity index (χ3v) is 2.10. The summed E-state index contributed by atoms with van der Waals surface area (Å²) in [5.74, 6) is 0. The summed E-state index contributed by atoms with van der Waals surface area (Å²) < 4.78 is 2.05. The van der Waals surface area contributed by atoms with Crippen LogP contribution in [0, 0.1) is 0 Å². The van der Waals surface area contributed by atoms with E-state index in [2.05, 4.69) is 28.1 Å². The van der Waals surface area contributed by atoms with E-state index in [9.17, 15) is 0 Å². The van der Waals surface area contributed by atoms with Crippen LogP contribution in [0.15, 0.2) is 12.3 Å². The first-order valence-electron chi connectivity index (χ1n) is 5.30. The lowest BCUT2D eigenvalue weighted by molar-refractivity contribution is 0.546. The summed E-state index contributed by atoms with van der Waals surface area (Å²) in [6.07, 6.45) is 4.01. The van der Waals surface area contributed by atoms with Gasteiger partial charge in [0, 0.05) is 19.3 Å². The summed E-state index contributed by atoms with van der Waals surface area (Å²) >= 11 is 0. The van der Waals surface area contributed by atoms with Crippen LogP contribution in [0.1, 0.15) is 25.5 Å². The SMILES string of the molecule is CCCn1nccc1CNCCCN. The summed E-state index contributed by atoms with van der Waals surface area (Å²) in [4.78, 5) is 0. The fourth-order valence-electron chi connectivity index (χ4n) is 1.37. The molecule has 3 N–H and O–H groups in total. The Morgan fingerprint density at radius 1 is 1.57 bits per heavy atom. The molecule has 0 atom stereocenters. The lowest BCUT2D eigenvalue weighted by Crippen LogP contribution is -2.20. The van der Waals surface area contributed by atoms with Crippen LogP contribution in [-0.2, 0) is 13.1 Å². The molecule has 0 unspecified atom stereocenters. The number of nitrogens with zero attached hydrogens (tertiary/aromatic N) is 2. The van der Waals surface area contributed by atoms with E-state index in [1.807, 2.05) is 6.20 Å². The highest BCUT2D eigenvalue weighted by Crippen LogP contribution is 1.99. The van der Waals surface area contributed by atoms with Gasteiger partial charge >= 0.3 is 0 Å². The highest BCUT2D eigenvalue weighted by Gasteiger charge is 1.99. The van der Waals surface area contributed by atoms with Crippen molar-refractivity contribution in [3.8, 4) is 0 Å². The predicted molar refractivity (Wildman–Crippen MR) is 57.9 cm³/mol. The standard InChI is InChI=1S/C10H20N4/c1-2-8-14-10(4-7-13-14)9-12-6-3-5-11/h4,7,12H,2-3,5-6,8-9,11H2,1H3. The van der Waals surface area contributed by atoms with E-state index < -0.39 is 0 Å². The minimum Gasteiger partial charge on any atom is -0.330 e. The third-order valence-electron chi connectivity index (χ3n) is 2.10. The monoisotopic (exact) mass is 196 g/mol. The second kappa shape index (κ2) is 6.56. The molecule has 0 amide bonds. The quantitative estimate of drug-likeness (QED) is 0.632. The molecule has 0 spiro atoms. The van der Waals surface area contributed by atoms with Gasteiger partial charge in [0.15, 0.2) is 0 Å². The molecule has 1 aromatic heterocycles. The van der Waals surface area contributed by atoms with Gasteiger partial charge in [-0.25, -0.2) is 0 Å². The normalized spacial score (nSPS) is 10.7. The van der Waals surface area contributed by atoms with Crippen molar-refractivity contribution in [1.29, 1.82) is 0 Å². The van der Waals surface area contributed by atoms with Crippen molar-refractivity contribution in [2.75, 3.05) is 13.1 Å². The first kappa shape index (κ1) is 11.2. The predicted octanol–water partition coefficient (Wildman–Crippen LogP) is 0.732. The molecule has 0 saturated heterocycles. The zero-order chi connectivity index (χ0) is 10.2. The van der Waals surface area contributed by atoms with Gasteiger partial charge in [-0.3, -0.25) is 4.68 Å². The summed E-state index contributed by atoms with van der Waals surface area (Å²) in [6.45, 7) is 5.78. The Hall–Kier alpha value is -0.870. The Labute approximate surface area is 85.5 Å². The van der Waals surface area contributed by atoms with Gasteiger partial charge in [0.2, 0.25) is 0 Å². The molecule has 14 heavy (non-hydrogen) atoms. The summed E-state index contributed by atoms with van der Waals surface area (Å²) in [5, 5.41) is 7.60. The molecule has 0 fully saturated rings. The van der Waals surface area contributed by atoms with E-state index in [0.717, 1.165) is 39.0 Å². The molecular weight excluding hydrogens is 176 g/mol. The van der Waals surface area contributed by atoms with Crippen molar-refractivity contribution in [2.45, 2.75) is 32.9 Å². The highest BCUT2D eigenvalue weighted by molar-refractivity contribution is 4.99. The van der Waals surface area contributed by atoms with E-state index in [1.54, 1.807) is 0 Å². The van der Waals surface area contributed by atoms with Crippen LogP contribution in [0.2, 0.25) is 0 Å². The number of nitrogens with one attached hydrogen (secondary N) is 1. The average molecular weight is 196 g/mol. The topological polar surface area (TPSA) is 55.9 Å². The minimum absolute atomic E-state index is 0.751. The van der Waals surface area contributed by atoms with Gasteiger partial charge in [-0.1, -0.05) is 6.92 Å². The molecule has 1 rings (SSSR count). The van der Waals surface area contributed by atoms with E-state index >= 15 is 0 Å². The lowest BCUT2D eigenvalue weighted by Gasteiger charge is -2.06. The van der Waals surface area contributed by atoms with Crippen LogP contribution in [0.3, 0.4) is 0 Å². The molecular formula is C10H20N4. The maximum absolute atomic E-state index is 5.41. The van der Waals surface area contributed by atoms with Gasteiger partial charge in [0.05, 0.1) is 5.69 Å². The molecule has 0 aliphatic heterocycles. The van der Waals surface area contributed by atoms with Crippen molar-refractivity contribution in [3.05, 3.63) is 18.0 Å². The molecule has 4 heteroatoms. The number of nitrogens with two attached hydrogens (primary N) is 1. The number of aromatic nitrogens is 2. The first-order valence-corrected chi connectivity index (χ1v) is 5.30. The zero-order valence-electron chi connectivity index (χ0n) is 8.87. The number of hydrogen-bond acceptors (Lipinski definition) is 3. The number of hydrogen-bond donors (Lipinski definition) is 2. The van der Waals surface area contributed by atoms with Crippen molar-refractivity contribution in [1.82, 2.24) is 15.1 Å². The summed E-state index contributed by atoms with van der Waals surface area (Å²) in [7, 11) is 0. The molecule has 1 heterocycles. The number of rotatable bonds is 7. The van der Waals surface area contributed by atoms with Crippen LogP contribution in [0.25, 0.3) is 0 Å².